The average molecular weight is 305 g/mol. The Hall–Kier alpha value is -2.30. The molecule has 114 valence electrons. The highest BCUT2D eigenvalue weighted by atomic mass is 19.4. The Kier molecular flexibility index (Phi) is 3.64. The molecule has 2 aromatic carbocycles. The maximum absolute atomic E-state index is 12.6. The summed E-state index contributed by atoms with van der Waals surface area (Å²) in [6.45, 7) is 0. The monoisotopic (exact) mass is 305 g/mol. The number of alkyl halides is 3. The van der Waals surface area contributed by atoms with Crippen molar-refractivity contribution in [2.45, 2.75) is 18.5 Å². The zero-order chi connectivity index (χ0) is 15.7. The third kappa shape index (κ3) is 3.13. The van der Waals surface area contributed by atoms with E-state index in [9.17, 15) is 18.0 Å². The van der Waals surface area contributed by atoms with Gasteiger partial charge in [0.15, 0.2) is 0 Å². The van der Waals surface area contributed by atoms with Crippen LogP contribution in [0.1, 0.15) is 23.5 Å². The molecule has 1 N–H and O–H groups in total. The molecule has 0 unspecified atom stereocenters. The van der Waals surface area contributed by atoms with E-state index in [1.54, 1.807) is 0 Å². The Labute approximate surface area is 126 Å². The number of hydrogen-bond donors (Lipinski definition) is 1. The predicted octanol–water partition coefficient (Wildman–Crippen LogP) is 4.45. The fourth-order valence-electron chi connectivity index (χ4n) is 2.56. The van der Waals surface area contributed by atoms with Crippen molar-refractivity contribution in [3.63, 3.8) is 0 Å². The molecule has 1 amide bonds. The zero-order valence-corrected chi connectivity index (χ0v) is 11.6. The van der Waals surface area contributed by atoms with Gasteiger partial charge in [-0.3, -0.25) is 4.79 Å². The largest absolute Gasteiger partial charge is 0.416 e. The molecule has 0 radical (unpaired) electrons. The van der Waals surface area contributed by atoms with Gasteiger partial charge in [-0.2, -0.15) is 13.2 Å². The van der Waals surface area contributed by atoms with E-state index in [1.807, 2.05) is 30.3 Å². The molecule has 22 heavy (non-hydrogen) atoms. The highest BCUT2D eigenvalue weighted by molar-refractivity contribution is 5.95. The average Bonchev–Trinajstić information content (AvgIpc) is 3.28. The second kappa shape index (κ2) is 5.48. The van der Waals surface area contributed by atoms with E-state index in [2.05, 4.69) is 5.32 Å². The zero-order valence-electron chi connectivity index (χ0n) is 11.6. The van der Waals surface area contributed by atoms with Crippen molar-refractivity contribution in [2.75, 3.05) is 5.32 Å². The Morgan fingerprint density at radius 2 is 1.77 bits per heavy atom. The van der Waals surface area contributed by atoms with Crippen LogP contribution in [0.3, 0.4) is 0 Å². The summed E-state index contributed by atoms with van der Waals surface area (Å²) in [6, 6.07) is 14.4. The Morgan fingerprint density at radius 1 is 1.05 bits per heavy atom. The first-order valence-electron chi connectivity index (χ1n) is 6.98. The Balaban J connectivity index is 1.66. The highest BCUT2D eigenvalue weighted by Gasteiger charge is 2.43. The summed E-state index contributed by atoms with van der Waals surface area (Å²) in [5.74, 6) is -0.239. The molecule has 1 saturated carbocycles. The van der Waals surface area contributed by atoms with Crippen LogP contribution in [0.2, 0.25) is 0 Å². The number of nitrogens with one attached hydrogen (secondary N) is 1. The molecule has 0 aliphatic heterocycles. The van der Waals surface area contributed by atoms with Crippen molar-refractivity contribution in [1.82, 2.24) is 0 Å². The van der Waals surface area contributed by atoms with E-state index in [-0.39, 0.29) is 23.4 Å². The van der Waals surface area contributed by atoms with Crippen LogP contribution in [0.4, 0.5) is 18.9 Å². The number of carbonyl (C=O) groups is 1. The second-order valence-electron chi connectivity index (χ2n) is 5.43. The lowest BCUT2D eigenvalue weighted by atomic mass is 10.1. The molecule has 1 fully saturated rings. The van der Waals surface area contributed by atoms with Gasteiger partial charge in [0.05, 0.1) is 5.56 Å². The van der Waals surface area contributed by atoms with Gasteiger partial charge in [0.2, 0.25) is 5.91 Å². The normalized spacial score (nSPS) is 20.5. The van der Waals surface area contributed by atoms with Gasteiger partial charge in [-0.15, -0.1) is 0 Å². The summed E-state index contributed by atoms with van der Waals surface area (Å²) in [4.78, 5) is 12.1. The summed E-state index contributed by atoms with van der Waals surface area (Å²) in [7, 11) is 0. The van der Waals surface area contributed by atoms with Crippen molar-refractivity contribution in [1.29, 1.82) is 0 Å². The van der Waals surface area contributed by atoms with Crippen LogP contribution in [-0.4, -0.2) is 5.91 Å². The third-order valence-corrected chi connectivity index (χ3v) is 3.81. The van der Waals surface area contributed by atoms with Gasteiger partial charge in [-0.25, -0.2) is 0 Å². The number of amides is 1. The Morgan fingerprint density at radius 3 is 2.45 bits per heavy atom. The molecular formula is C17H14F3NO. The summed E-state index contributed by atoms with van der Waals surface area (Å²) in [6.07, 6.45) is -3.68. The predicted molar refractivity (Wildman–Crippen MR) is 77.4 cm³/mol. The fraction of sp³-hybridized carbons (Fsp3) is 0.235. The quantitative estimate of drug-likeness (QED) is 0.892. The topological polar surface area (TPSA) is 29.1 Å². The maximum atomic E-state index is 12.6. The molecule has 0 spiro atoms. The summed E-state index contributed by atoms with van der Waals surface area (Å²) >= 11 is 0. The fourth-order valence-corrected chi connectivity index (χ4v) is 2.56. The number of carbonyl (C=O) groups excluding carboxylic acids is 1. The van der Waals surface area contributed by atoms with E-state index in [0.717, 1.165) is 24.1 Å². The minimum Gasteiger partial charge on any atom is -0.326 e. The molecule has 1 aliphatic carbocycles. The van der Waals surface area contributed by atoms with Crippen molar-refractivity contribution >= 4 is 11.6 Å². The van der Waals surface area contributed by atoms with Gasteiger partial charge < -0.3 is 5.32 Å². The van der Waals surface area contributed by atoms with Gasteiger partial charge in [0, 0.05) is 11.6 Å². The van der Waals surface area contributed by atoms with Gasteiger partial charge in [-0.05, 0) is 36.1 Å². The molecule has 2 atom stereocenters. The number of anilines is 1. The van der Waals surface area contributed by atoms with Gasteiger partial charge in [-0.1, -0.05) is 36.4 Å². The van der Waals surface area contributed by atoms with Crippen molar-refractivity contribution < 1.29 is 18.0 Å². The molecule has 3 rings (SSSR count). The molecular weight excluding hydrogens is 291 g/mol. The lowest BCUT2D eigenvalue weighted by Gasteiger charge is -2.10. The maximum Gasteiger partial charge on any atom is 0.416 e. The number of halogens is 3. The summed E-state index contributed by atoms with van der Waals surface area (Å²) in [5, 5.41) is 2.58. The standard InChI is InChI=1S/C17H14F3NO/c18-17(19,20)12-7-4-8-13(9-12)21-16(22)15-10-14(15)11-5-2-1-3-6-11/h1-9,14-15H,10H2,(H,21,22)/t14-,15+/m1/s1. The van der Waals surface area contributed by atoms with E-state index in [0.29, 0.717) is 0 Å². The first-order chi connectivity index (χ1) is 10.4. The molecule has 1 aliphatic rings. The molecule has 2 aromatic rings. The second-order valence-corrected chi connectivity index (χ2v) is 5.43. The van der Waals surface area contributed by atoms with Crippen LogP contribution >= 0.6 is 0 Å². The smallest absolute Gasteiger partial charge is 0.326 e. The third-order valence-electron chi connectivity index (χ3n) is 3.81. The van der Waals surface area contributed by atoms with E-state index >= 15 is 0 Å². The van der Waals surface area contributed by atoms with Gasteiger partial charge in [0.25, 0.3) is 0 Å². The van der Waals surface area contributed by atoms with E-state index < -0.39 is 11.7 Å². The van der Waals surface area contributed by atoms with Gasteiger partial charge >= 0.3 is 6.18 Å². The number of rotatable bonds is 3. The van der Waals surface area contributed by atoms with Crippen LogP contribution in [0.5, 0.6) is 0 Å². The molecule has 0 bridgehead atoms. The Bertz CT molecular complexity index is 682. The van der Waals surface area contributed by atoms with Crippen LogP contribution in [-0.2, 0) is 11.0 Å². The molecule has 5 heteroatoms. The van der Waals surface area contributed by atoms with Gasteiger partial charge in [0.1, 0.15) is 0 Å². The van der Waals surface area contributed by atoms with E-state index in [4.69, 9.17) is 0 Å². The van der Waals surface area contributed by atoms with E-state index in [1.165, 1.54) is 12.1 Å². The van der Waals surface area contributed by atoms with Crippen LogP contribution in [0.25, 0.3) is 0 Å². The SMILES string of the molecule is O=C(Nc1cccc(C(F)(F)F)c1)[C@H]1C[C@@H]1c1ccccc1. The minimum absolute atomic E-state index is 0.159. The van der Waals surface area contributed by atoms with Crippen LogP contribution < -0.4 is 5.32 Å². The summed E-state index contributed by atoms with van der Waals surface area (Å²) < 4.78 is 37.9. The van der Waals surface area contributed by atoms with Crippen molar-refractivity contribution in [3.8, 4) is 0 Å². The number of hydrogen-bond acceptors (Lipinski definition) is 1. The first kappa shape index (κ1) is 14.6. The first-order valence-corrected chi connectivity index (χ1v) is 6.98. The highest BCUT2D eigenvalue weighted by Crippen LogP contribution is 2.47. The molecule has 0 aromatic heterocycles. The molecule has 0 saturated heterocycles. The lowest BCUT2D eigenvalue weighted by molar-refractivity contribution is -0.137. The number of benzene rings is 2. The van der Waals surface area contributed by atoms with Crippen molar-refractivity contribution in [3.05, 3.63) is 65.7 Å². The lowest BCUT2D eigenvalue weighted by Crippen LogP contribution is -2.15. The minimum atomic E-state index is -4.41. The molecule has 0 heterocycles. The van der Waals surface area contributed by atoms with Crippen LogP contribution in [0.15, 0.2) is 54.6 Å². The molecule has 2 nitrogen and oxygen atoms in total. The van der Waals surface area contributed by atoms with Crippen molar-refractivity contribution in [2.24, 2.45) is 5.92 Å². The summed E-state index contributed by atoms with van der Waals surface area (Å²) in [5.41, 5.74) is 0.505. The van der Waals surface area contributed by atoms with Crippen LogP contribution in [0, 0.1) is 5.92 Å².